The SMILES string of the molecule is CC(=O)CCC(=O)N1CC[C@H](CNc2ncc(-c3ccc4cc(-c5cnc([C@@H]6CCCN6C(=O)CCC(C)=O)[nH]5)ccc4c3)cn2)C1. The molecule has 2 N–H and O–H groups in total. The molecule has 4 heterocycles. The number of rotatable bonds is 12. The molecule has 244 valence electrons. The van der Waals surface area contributed by atoms with Crippen LogP contribution in [-0.2, 0) is 19.2 Å². The number of ketones is 2. The molecule has 2 aliphatic heterocycles. The molecule has 2 saturated heterocycles. The number of carbonyl (C=O) groups excluding carboxylic acids is 4. The van der Waals surface area contributed by atoms with Gasteiger partial charge in [0, 0.05) is 75.4 Å². The predicted octanol–water partition coefficient (Wildman–Crippen LogP) is 5.35. The third-order valence-corrected chi connectivity index (χ3v) is 9.19. The lowest BCUT2D eigenvalue weighted by atomic mass is 10.0. The third-order valence-electron chi connectivity index (χ3n) is 9.19. The maximum absolute atomic E-state index is 12.7. The molecule has 2 amide bonds. The van der Waals surface area contributed by atoms with Crippen molar-refractivity contribution in [3.63, 3.8) is 0 Å². The van der Waals surface area contributed by atoms with Crippen LogP contribution in [0.5, 0.6) is 0 Å². The number of amides is 2. The first kappa shape index (κ1) is 32.0. The smallest absolute Gasteiger partial charge is 0.223 e. The molecule has 0 saturated carbocycles. The molecule has 2 aliphatic rings. The summed E-state index contributed by atoms with van der Waals surface area (Å²) in [6.45, 7) is 5.81. The van der Waals surface area contributed by atoms with Crippen LogP contribution in [0.2, 0.25) is 0 Å². The molecule has 0 aliphatic carbocycles. The zero-order chi connectivity index (χ0) is 32.9. The molecule has 11 nitrogen and oxygen atoms in total. The summed E-state index contributed by atoms with van der Waals surface area (Å²) >= 11 is 0. The van der Waals surface area contributed by atoms with Crippen molar-refractivity contribution < 1.29 is 19.2 Å². The van der Waals surface area contributed by atoms with Gasteiger partial charge in [0.05, 0.1) is 17.9 Å². The number of benzene rings is 2. The van der Waals surface area contributed by atoms with E-state index in [4.69, 9.17) is 0 Å². The zero-order valence-corrected chi connectivity index (χ0v) is 27.0. The summed E-state index contributed by atoms with van der Waals surface area (Å²) < 4.78 is 0. The summed E-state index contributed by atoms with van der Waals surface area (Å²) in [5, 5.41) is 5.49. The minimum atomic E-state index is -0.0943. The number of anilines is 1. The molecular weight excluding hydrogens is 594 g/mol. The van der Waals surface area contributed by atoms with Crippen molar-refractivity contribution in [2.75, 3.05) is 31.5 Å². The van der Waals surface area contributed by atoms with Gasteiger partial charge in [0.15, 0.2) is 0 Å². The van der Waals surface area contributed by atoms with Crippen LogP contribution in [0, 0.1) is 5.92 Å². The number of nitrogens with one attached hydrogen (secondary N) is 2. The van der Waals surface area contributed by atoms with Gasteiger partial charge in [0.1, 0.15) is 17.4 Å². The summed E-state index contributed by atoms with van der Waals surface area (Å²) in [5.74, 6) is 1.79. The number of hydrogen-bond donors (Lipinski definition) is 2. The van der Waals surface area contributed by atoms with Gasteiger partial charge in [-0.3, -0.25) is 9.59 Å². The average molecular weight is 636 g/mol. The molecule has 11 heteroatoms. The topological polar surface area (TPSA) is 141 Å². The van der Waals surface area contributed by atoms with Crippen LogP contribution in [0.15, 0.2) is 55.0 Å². The van der Waals surface area contributed by atoms with Crippen molar-refractivity contribution in [1.82, 2.24) is 29.7 Å². The Balaban J connectivity index is 1.06. The Kier molecular flexibility index (Phi) is 9.70. The molecule has 0 radical (unpaired) electrons. The van der Waals surface area contributed by atoms with Crippen LogP contribution in [-0.4, -0.2) is 79.3 Å². The van der Waals surface area contributed by atoms with Crippen molar-refractivity contribution in [1.29, 1.82) is 0 Å². The molecule has 6 rings (SSSR count). The molecular formula is C36H41N7O4. The first-order valence-corrected chi connectivity index (χ1v) is 16.4. The van der Waals surface area contributed by atoms with Gasteiger partial charge in [0.2, 0.25) is 17.8 Å². The average Bonchev–Trinajstić information content (AvgIpc) is 3.86. The van der Waals surface area contributed by atoms with Crippen LogP contribution < -0.4 is 5.32 Å². The lowest BCUT2D eigenvalue weighted by Crippen LogP contribution is -2.31. The van der Waals surface area contributed by atoms with Crippen LogP contribution >= 0.6 is 0 Å². The van der Waals surface area contributed by atoms with Crippen LogP contribution in [0.25, 0.3) is 33.2 Å². The zero-order valence-electron chi connectivity index (χ0n) is 27.0. The van der Waals surface area contributed by atoms with Crippen molar-refractivity contribution in [3.05, 3.63) is 60.8 Å². The predicted molar refractivity (Wildman–Crippen MR) is 179 cm³/mol. The first-order chi connectivity index (χ1) is 22.7. The Morgan fingerprint density at radius 2 is 1.47 bits per heavy atom. The number of Topliss-reactive ketones (excluding diaryl/α,β-unsaturated/α-hetero) is 2. The van der Waals surface area contributed by atoms with Crippen molar-refractivity contribution >= 4 is 40.1 Å². The quantitative estimate of drug-likeness (QED) is 0.212. The van der Waals surface area contributed by atoms with E-state index in [1.807, 2.05) is 28.4 Å². The minimum absolute atomic E-state index is 0.00650. The number of aromatic amines is 1. The van der Waals surface area contributed by atoms with Crippen molar-refractivity contribution in [3.8, 4) is 22.4 Å². The fourth-order valence-corrected chi connectivity index (χ4v) is 6.49. The molecule has 47 heavy (non-hydrogen) atoms. The van der Waals surface area contributed by atoms with Crippen LogP contribution in [0.4, 0.5) is 5.95 Å². The minimum Gasteiger partial charge on any atom is -0.354 e. The van der Waals surface area contributed by atoms with Gasteiger partial charge < -0.3 is 29.7 Å². The highest BCUT2D eigenvalue weighted by atomic mass is 16.2. The van der Waals surface area contributed by atoms with E-state index < -0.39 is 0 Å². The molecule has 0 spiro atoms. The standard InChI is InChI=1S/C36H41N7O4/c1-23(44)5-11-33(46)42-15-13-25(22-42)18-38-36-39-19-30(20-40-36)28-8-7-27-17-29(10-9-26(27)16-28)31-21-37-35(41-31)32-4-3-14-43(32)34(47)12-6-24(2)45/h7-10,16-17,19-21,25,32H,3-6,11-15,18,22H2,1-2H3,(H,37,41)(H,38,39,40)/t25-,32+/m1/s1. The monoisotopic (exact) mass is 635 g/mol. The fourth-order valence-electron chi connectivity index (χ4n) is 6.49. The Hall–Kier alpha value is -4.93. The summed E-state index contributed by atoms with van der Waals surface area (Å²) in [7, 11) is 0. The number of imidazole rings is 1. The van der Waals surface area contributed by atoms with E-state index in [1.54, 1.807) is 0 Å². The second-order valence-corrected chi connectivity index (χ2v) is 12.8. The highest BCUT2D eigenvalue weighted by Gasteiger charge is 2.32. The number of fused-ring (bicyclic) bond motifs is 1. The highest BCUT2D eigenvalue weighted by Crippen LogP contribution is 2.33. The molecule has 4 aromatic rings. The lowest BCUT2D eigenvalue weighted by Gasteiger charge is -2.23. The Bertz CT molecular complexity index is 1780. The largest absolute Gasteiger partial charge is 0.354 e. The number of aromatic nitrogens is 4. The van der Waals surface area contributed by atoms with Gasteiger partial charge in [-0.2, -0.15) is 0 Å². The molecule has 2 fully saturated rings. The molecule has 0 unspecified atom stereocenters. The van der Waals surface area contributed by atoms with Crippen LogP contribution in [0.3, 0.4) is 0 Å². The molecule has 2 aromatic heterocycles. The number of hydrogen-bond acceptors (Lipinski definition) is 8. The second-order valence-electron chi connectivity index (χ2n) is 12.8. The van der Waals surface area contributed by atoms with E-state index in [2.05, 4.69) is 61.7 Å². The highest BCUT2D eigenvalue weighted by molar-refractivity contribution is 5.90. The van der Waals surface area contributed by atoms with Gasteiger partial charge in [-0.25, -0.2) is 15.0 Å². The number of carbonyl (C=O) groups is 4. The van der Waals surface area contributed by atoms with E-state index in [0.29, 0.717) is 37.9 Å². The fraction of sp³-hybridized carbons (Fsp3) is 0.417. The van der Waals surface area contributed by atoms with Gasteiger partial charge in [-0.1, -0.05) is 24.3 Å². The molecule has 2 atom stereocenters. The maximum atomic E-state index is 12.7. The molecule has 0 bridgehead atoms. The normalized spacial score (nSPS) is 17.7. The lowest BCUT2D eigenvalue weighted by molar-refractivity contribution is -0.134. The van der Waals surface area contributed by atoms with Gasteiger partial charge in [-0.05, 0) is 67.5 Å². The van der Waals surface area contributed by atoms with E-state index in [-0.39, 0.29) is 48.7 Å². The van der Waals surface area contributed by atoms with Gasteiger partial charge >= 0.3 is 0 Å². The number of H-pyrrole nitrogens is 1. The summed E-state index contributed by atoms with van der Waals surface area (Å²) in [5.41, 5.74) is 3.85. The summed E-state index contributed by atoms with van der Waals surface area (Å²) in [6, 6.07) is 12.5. The van der Waals surface area contributed by atoms with Crippen LogP contribution in [0.1, 0.15) is 70.7 Å². The van der Waals surface area contributed by atoms with E-state index in [9.17, 15) is 19.2 Å². The van der Waals surface area contributed by atoms with E-state index in [1.165, 1.54) is 13.8 Å². The van der Waals surface area contributed by atoms with Gasteiger partial charge in [0.25, 0.3) is 0 Å². The van der Waals surface area contributed by atoms with Crippen molar-refractivity contribution in [2.24, 2.45) is 5.92 Å². The first-order valence-electron chi connectivity index (χ1n) is 16.4. The van der Waals surface area contributed by atoms with Crippen molar-refractivity contribution in [2.45, 2.75) is 64.8 Å². The maximum Gasteiger partial charge on any atom is 0.223 e. The summed E-state index contributed by atoms with van der Waals surface area (Å²) in [6.07, 6.45) is 9.27. The van der Waals surface area contributed by atoms with E-state index in [0.717, 1.165) is 64.8 Å². The molecule has 2 aromatic carbocycles. The number of likely N-dealkylation sites (tertiary alicyclic amines) is 2. The van der Waals surface area contributed by atoms with E-state index >= 15 is 0 Å². The second kappa shape index (κ2) is 14.2. The Morgan fingerprint density at radius 1 is 0.787 bits per heavy atom. The summed E-state index contributed by atoms with van der Waals surface area (Å²) in [4.78, 5) is 68.5. The number of nitrogens with zero attached hydrogens (tertiary/aromatic N) is 5. The third kappa shape index (κ3) is 7.73. The van der Waals surface area contributed by atoms with Gasteiger partial charge in [-0.15, -0.1) is 0 Å². The Labute approximate surface area is 274 Å². The Morgan fingerprint density at radius 3 is 2.19 bits per heavy atom.